The third-order valence-electron chi connectivity index (χ3n) is 1.99. The van der Waals surface area contributed by atoms with Crippen molar-refractivity contribution >= 4 is 27.4 Å². The van der Waals surface area contributed by atoms with Crippen molar-refractivity contribution in [1.29, 1.82) is 0 Å². The van der Waals surface area contributed by atoms with Gasteiger partial charge in [0, 0.05) is 11.9 Å². The molecule has 0 aromatic carbocycles. The Hall–Kier alpha value is -1.37. The summed E-state index contributed by atoms with van der Waals surface area (Å²) in [6.45, 7) is 8.25. The van der Waals surface area contributed by atoms with Crippen LogP contribution >= 0.6 is 11.3 Å². The first-order chi connectivity index (χ1) is 9.91. The summed E-state index contributed by atoms with van der Waals surface area (Å²) in [7, 11) is 1.67. The van der Waals surface area contributed by atoms with E-state index in [1.807, 2.05) is 13.8 Å². The predicted octanol–water partition coefficient (Wildman–Crippen LogP) is 5.28. The van der Waals surface area contributed by atoms with Crippen LogP contribution in [0.25, 0.3) is 10.2 Å². The van der Waals surface area contributed by atoms with Crippen molar-refractivity contribution in [2.24, 2.45) is 0 Å². The molecule has 120 valence electrons. The molecule has 0 aliphatic rings. The molecule has 2 heterocycles. The zero-order valence-electron chi connectivity index (χ0n) is 13.0. The van der Waals surface area contributed by atoms with E-state index in [9.17, 15) is 13.2 Å². The van der Waals surface area contributed by atoms with Crippen molar-refractivity contribution in [2.75, 3.05) is 12.4 Å². The molecule has 2 aromatic heterocycles. The topological polar surface area (TPSA) is 37.8 Å². The Morgan fingerprint density at radius 3 is 2.24 bits per heavy atom. The molecule has 2 aromatic rings. The van der Waals surface area contributed by atoms with Crippen LogP contribution in [0, 0.1) is 0 Å². The Balaban J connectivity index is 0.000000713. The zero-order chi connectivity index (χ0) is 16.5. The highest BCUT2D eigenvalue weighted by Crippen LogP contribution is 2.32. The van der Waals surface area contributed by atoms with Gasteiger partial charge in [-0.25, -0.2) is 9.97 Å². The van der Waals surface area contributed by atoms with E-state index in [0.717, 1.165) is 11.3 Å². The van der Waals surface area contributed by atoms with Crippen LogP contribution in [0.2, 0.25) is 0 Å². The maximum Gasteiger partial charge on any atom is 0.393 e. The van der Waals surface area contributed by atoms with Gasteiger partial charge in [-0.1, -0.05) is 34.1 Å². The lowest BCUT2D eigenvalue weighted by Gasteiger charge is -2.01. The van der Waals surface area contributed by atoms with Crippen molar-refractivity contribution in [3.05, 3.63) is 17.3 Å². The van der Waals surface area contributed by atoms with E-state index >= 15 is 0 Å². The third kappa shape index (κ3) is 6.75. The smallest absolute Gasteiger partial charge is 0.373 e. The minimum Gasteiger partial charge on any atom is -0.373 e. The van der Waals surface area contributed by atoms with Crippen molar-refractivity contribution in [2.45, 2.75) is 46.7 Å². The van der Waals surface area contributed by atoms with Gasteiger partial charge in [-0.2, -0.15) is 13.2 Å². The molecule has 0 saturated heterocycles. The number of hydrogen-bond acceptors (Lipinski definition) is 4. The van der Waals surface area contributed by atoms with Crippen molar-refractivity contribution in [1.82, 2.24) is 9.97 Å². The molecule has 0 amide bonds. The molecule has 0 atom stereocenters. The molecule has 21 heavy (non-hydrogen) atoms. The van der Waals surface area contributed by atoms with E-state index in [0.29, 0.717) is 16.0 Å². The summed E-state index contributed by atoms with van der Waals surface area (Å²) in [5, 5.41) is 3.45. The molecule has 0 fully saturated rings. The van der Waals surface area contributed by atoms with Gasteiger partial charge in [0.05, 0.1) is 11.8 Å². The van der Waals surface area contributed by atoms with E-state index in [-0.39, 0.29) is 4.88 Å². The Morgan fingerprint density at radius 1 is 1.19 bits per heavy atom. The third-order valence-corrected chi connectivity index (χ3v) is 3.03. The molecule has 2 rings (SSSR count). The normalized spacial score (nSPS) is 10.3. The second kappa shape index (κ2) is 9.55. The fourth-order valence-electron chi connectivity index (χ4n) is 1.39. The van der Waals surface area contributed by atoms with E-state index in [1.165, 1.54) is 18.8 Å². The average Bonchev–Trinajstić information content (AvgIpc) is 2.81. The molecule has 0 saturated carbocycles. The quantitative estimate of drug-likeness (QED) is 0.817. The summed E-state index contributed by atoms with van der Waals surface area (Å²) in [5.74, 6) is 0.551. The molecule has 7 heteroatoms. The lowest BCUT2D eigenvalue weighted by Crippen LogP contribution is -2.09. The number of anilines is 1. The summed E-state index contributed by atoms with van der Waals surface area (Å²) in [6.07, 6.45) is -2.52. The average molecular weight is 321 g/mol. The van der Waals surface area contributed by atoms with E-state index in [4.69, 9.17) is 0 Å². The number of fused-ring (bicyclic) bond motifs is 1. The summed E-state index contributed by atoms with van der Waals surface area (Å²) >= 11 is 1.04. The highest BCUT2D eigenvalue weighted by Gasteiger charge is 2.28. The largest absolute Gasteiger partial charge is 0.393 e. The van der Waals surface area contributed by atoms with Gasteiger partial charge >= 0.3 is 6.18 Å². The molecule has 0 unspecified atom stereocenters. The summed E-state index contributed by atoms with van der Waals surface area (Å²) in [5.41, 5.74) is 0. The van der Waals surface area contributed by atoms with Gasteiger partial charge in [0.15, 0.2) is 0 Å². The molecule has 0 radical (unpaired) electrons. The van der Waals surface area contributed by atoms with Crippen molar-refractivity contribution < 1.29 is 13.2 Å². The minimum absolute atomic E-state index is 0.250. The fourth-order valence-corrected chi connectivity index (χ4v) is 2.42. The van der Waals surface area contributed by atoms with Crippen molar-refractivity contribution in [3.63, 3.8) is 0 Å². The molecule has 0 spiro atoms. The highest BCUT2D eigenvalue weighted by molar-refractivity contribution is 7.18. The van der Waals surface area contributed by atoms with E-state index in [2.05, 4.69) is 29.1 Å². The Labute approximate surface area is 127 Å². The number of aromatic nitrogens is 2. The first-order valence-corrected chi connectivity index (χ1v) is 7.70. The summed E-state index contributed by atoms with van der Waals surface area (Å²) in [4.78, 5) is 8.70. The monoisotopic (exact) mass is 321 g/mol. The number of rotatable bonds is 2. The number of nitrogens with one attached hydrogen (secondary N) is 1. The molecular formula is C14H22F3N3S. The van der Waals surface area contributed by atoms with Gasteiger partial charge in [-0.3, -0.25) is 0 Å². The number of thiophene rings is 1. The van der Waals surface area contributed by atoms with E-state index in [1.54, 1.807) is 7.05 Å². The molecule has 0 aliphatic heterocycles. The number of nitrogens with zero attached hydrogens (tertiary/aromatic N) is 2. The molecular weight excluding hydrogens is 299 g/mol. The molecule has 3 nitrogen and oxygen atoms in total. The first-order valence-electron chi connectivity index (χ1n) is 6.89. The van der Waals surface area contributed by atoms with Gasteiger partial charge in [0.25, 0.3) is 0 Å². The summed E-state index contributed by atoms with van der Waals surface area (Å²) in [6, 6.07) is 1.49. The van der Waals surface area contributed by atoms with E-state index < -0.39 is 12.6 Å². The van der Waals surface area contributed by atoms with Gasteiger partial charge in [-0.15, -0.1) is 11.3 Å². The van der Waals surface area contributed by atoms with Crippen LogP contribution in [0.3, 0.4) is 0 Å². The van der Waals surface area contributed by atoms with Crippen molar-refractivity contribution in [3.8, 4) is 0 Å². The zero-order valence-corrected chi connectivity index (χ0v) is 13.8. The summed E-state index contributed by atoms with van der Waals surface area (Å²) < 4.78 is 36.6. The second-order valence-corrected chi connectivity index (χ2v) is 5.02. The van der Waals surface area contributed by atoms with Crippen LogP contribution in [-0.4, -0.2) is 23.2 Å². The van der Waals surface area contributed by atoms with Crippen LogP contribution in [-0.2, 0) is 6.42 Å². The molecule has 0 bridgehead atoms. The Bertz CT molecular complexity index is 524. The van der Waals surface area contributed by atoms with Gasteiger partial charge < -0.3 is 5.32 Å². The Morgan fingerprint density at radius 2 is 1.76 bits per heavy atom. The standard InChI is InChI=1S/C9H8F3N3S.C3H8.C2H6/c1-13-7-6-2-5(3-9(10,11)12)16-8(6)15-4-14-7;1-3-2;1-2/h2,4H,3H2,1H3,(H,13,14,15);3H2,1-2H3;1-2H3. The second-order valence-electron chi connectivity index (χ2n) is 3.90. The molecule has 0 aliphatic carbocycles. The highest BCUT2D eigenvalue weighted by atomic mass is 32.1. The van der Waals surface area contributed by atoms with Gasteiger partial charge in [-0.05, 0) is 6.07 Å². The number of alkyl halides is 3. The SMILES string of the molecule is CC.CCC.CNc1ncnc2sc(CC(F)(F)F)cc12. The maximum atomic E-state index is 12.2. The van der Waals surface area contributed by atoms with Crippen LogP contribution in [0.1, 0.15) is 39.0 Å². The van der Waals surface area contributed by atoms with Crippen LogP contribution in [0.15, 0.2) is 12.4 Å². The predicted molar refractivity (Wildman–Crippen MR) is 84.0 cm³/mol. The number of halogens is 3. The van der Waals surface area contributed by atoms with Gasteiger partial charge in [0.2, 0.25) is 0 Å². The van der Waals surface area contributed by atoms with Crippen LogP contribution < -0.4 is 5.32 Å². The fraction of sp³-hybridized carbons (Fsp3) is 0.571. The van der Waals surface area contributed by atoms with Crippen LogP contribution in [0.4, 0.5) is 19.0 Å². The molecule has 1 N–H and O–H groups in total. The van der Waals surface area contributed by atoms with Gasteiger partial charge in [0.1, 0.15) is 17.0 Å². The Kier molecular flexibility index (Phi) is 8.92. The lowest BCUT2D eigenvalue weighted by atomic mass is 10.3. The minimum atomic E-state index is -4.19. The maximum absolute atomic E-state index is 12.2. The van der Waals surface area contributed by atoms with Crippen LogP contribution in [0.5, 0.6) is 0 Å². The first kappa shape index (κ1) is 19.6. The lowest BCUT2D eigenvalue weighted by molar-refractivity contribution is -0.126. The number of hydrogen-bond donors (Lipinski definition) is 1.